The summed E-state index contributed by atoms with van der Waals surface area (Å²) < 4.78 is 0. The maximum absolute atomic E-state index is 11.8. The minimum absolute atomic E-state index is 0.440. The van der Waals surface area contributed by atoms with E-state index in [9.17, 15) is 9.90 Å². The largest absolute Gasteiger partial charge is 0.480 e. The Balaban J connectivity index is 2.03. The molecule has 0 bridgehead atoms. The first-order chi connectivity index (χ1) is 12.7. The molecule has 0 aliphatic heterocycles. The zero-order chi connectivity index (χ0) is 18.1. The summed E-state index contributed by atoms with van der Waals surface area (Å²) in [5.74, 6) is -1.44. The fourth-order valence-electron chi connectivity index (χ4n) is 3.74. The van der Waals surface area contributed by atoms with Crippen molar-refractivity contribution in [2.24, 2.45) is 5.73 Å². The van der Waals surface area contributed by atoms with Crippen LogP contribution < -0.4 is 5.73 Å². The molecule has 0 saturated carbocycles. The van der Waals surface area contributed by atoms with E-state index in [1.54, 1.807) is 0 Å². The molecule has 1 unspecified atom stereocenters. The van der Waals surface area contributed by atoms with Crippen LogP contribution in [0.25, 0.3) is 21.5 Å². The van der Waals surface area contributed by atoms with Gasteiger partial charge in [-0.25, -0.2) is 0 Å². The topological polar surface area (TPSA) is 63.3 Å². The van der Waals surface area contributed by atoms with E-state index in [-0.39, 0.29) is 0 Å². The first-order valence-corrected chi connectivity index (χ1v) is 8.60. The number of nitrogens with two attached hydrogens (primary N) is 1. The van der Waals surface area contributed by atoms with Gasteiger partial charge in [0, 0.05) is 5.92 Å². The van der Waals surface area contributed by atoms with E-state index in [1.807, 2.05) is 84.9 Å². The number of carboxylic acid groups (broad SMARTS) is 1. The summed E-state index contributed by atoms with van der Waals surface area (Å²) >= 11 is 0. The van der Waals surface area contributed by atoms with Gasteiger partial charge in [0.1, 0.15) is 6.04 Å². The molecule has 0 aromatic heterocycles. The van der Waals surface area contributed by atoms with E-state index in [4.69, 9.17) is 5.73 Å². The zero-order valence-corrected chi connectivity index (χ0v) is 14.2. The van der Waals surface area contributed by atoms with Crippen molar-refractivity contribution in [1.82, 2.24) is 0 Å². The highest BCUT2D eigenvalue weighted by Gasteiger charge is 2.29. The normalized spacial score (nSPS) is 12.5. The fourth-order valence-corrected chi connectivity index (χ4v) is 3.74. The van der Waals surface area contributed by atoms with Crippen LogP contribution >= 0.6 is 0 Å². The van der Waals surface area contributed by atoms with Crippen molar-refractivity contribution in [3.63, 3.8) is 0 Å². The van der Waals surface area contributed by atoms with Crippen molar-refractivity contribution >= 4 is 27.5 Å². The molecule has 26 heavy (non-hydrogen) atoms. The number of fused-ring (bicyclic) bond motifs is 2. The molecule has 3 N–H and O–H groups in total. The number of carboxylic acids is 1. The lowest BCUT2D eigenvalue weighted by atomic mass is 9.81. The summed E-state index contributed by atoms with van der Waals surface area (Å²) in [4.78, 5) is 11.8. The molecule has 128 valence electrons. The van der Waals surface area contributed by atoms with E-state index in [1.165, 1.54) is 0 Å². The number of rotatable bonds is 4. The van der Waals surface area contributed by atoms with Gasteiger partial charge >= 0.3 is 5.97 Å². The van der Waals surface area contributed by atoms with Crippen LogP contribution in [0.4, 0.5) is 0 Å². The summed E-state index contributed by atoms with van der Waals surface area (Å²) in [6.45, 7) is 0. The number of benzene rings is 4. The van der Waals surface area contributed by atoms with Gasteiger partial charge in [0.15, 0.2) is 0 Å². The Morgan fingerprint density at radius 1 is 0.692 bits per heavy atom. The molecule has 0 spiro atoms. The van der Waals surface area contributed by atoms with Crippen LogP contribution in [0.15, 0.2) is 84.9 Å². The Labute approximate surface area is 151 Å². The Morgan fingerprint density at radius 3 is 1.58 bits per heavy atom. The second kappa shape index (κ2) is 6.62. The molecule has 3 heteroatoms. The zero-order valence-electron chi connectivity index (χ0n) is 14.2. The Morgan fingerprint density at radius 2 is 1.12 bits per heavy atom. The molecule has 0 amide bonds. The molecule has 1 atom stereocenters. The van der Waals surface area contributed by atoms with Gasteiger partial charge in [-0.3, -0.25) is 4.79 Å². The van der Waals surface area contributed by atoms with E-state index >= 15 is 0 Å². The monoisotopic (exact) mass is 341 g/mol. The van der Waals surface area contributed by atoms with E-state index < -0.39 is 17.9 Å². The average molecular weight is 341 g/mol. The third-order valence-electron chi connectivity index (χ3n) is 4.96. The molecule has 0 aliphatic carbocycles. The molecule has 0 radical (unpaired) electrons. The predicted octanol–water partition coefficient (Wildman–Crippen LogP) is 4.54. The van der Waals surface area contributed by atoms with Crippen LogP contribution in [0.2, 0.25) is 0 Å². The molecule has 0 fully saturated rings. The fraction of sp³-hybridized carbons (Fsp3) is 0.0870. The van der Waals surface area contributed by atoms with Crippen LogP contribution in [-0.4, -0.2) is 17.1 Å². The third-order valence-corrected chi connectivity index (χ3v) is 4.96. The lowest BCUT2D eigenvalue weighted by Gasteiger charge is -2.25. The molecular weight excluding hydrogens is 322 g/mol. The van der Waals surface area contributed by atoms with Gasteiger partial charge in [-0.2, -0.15) is 0 Å². The quantitative estimate of drug-likeness (QED) is 0.573. The summed E-state index contributed by atoms with van der Waals surface area (Å²) in [6.07, 6.45) is 0. The van der Waals surface area contributed by atoms with Crippen molar-refractivity contribution in [1.29, 1.82) is 0 Å². The Hall–Kier alpha value is -3.17. The van der Waals surface area contributed by atoms with Crippen LogP contribution in [0.5, 0.6) is 0 Å². The molecule has 4 rings (SSSR count). The second-order valence-corrected chi connectivity index (χ2v) is 6.48. The average Bonchev–Trinajstić information content (AvgIpc) is 2.68. The highest BCUT2D eigenvalue weighted by atomic mass is 16.4. The first kappa shape index (κ1) is 16.3. The van der Waals surface area contributed by atoms with Crippen molar-refractivity contribution < 1.29 is 9.90 Å². The van der Waals surface area contributed by atoms with Gasteiger partial charge in [-0.15, -0.1) is 0 Å². The standard InChI is InChI=1S/C23H19NO2/c24-22(23(25)26)21(19-13-5-9-15-7-1-3-11-17(15)19)20-14-6-10-16-8-2-4-12-18(16)20/h1-14,21-22H,24H2,(H,25,26). The molecule has 0 saturated heterocycles. The summed E-state index contributed by atoms with van der Waals surface area (Å²) in [5, 5.41) is 13.9. The lowest BCUT2D eigenvalue weighted by molar-refractivity contribution is -0.138. The number of hydrogen-bond acceptors (Lipinski definition) is 2. The van der Waals surface area contributed by atoms with Crippen LogP contribution in [-0.2, 0) is 4.79 Å². The molecule has 0 heterocycles. The van der Waals surface area contributed by atoms with Crippen molar-refractivity contribution in [2.45, 2.75) is 12.0 Å². The van der Waals surface area contributed by atoms with Gasteiger partial charge in [-0.05, 0) is 32.7 Å². The third kappa shape index (κ3) is 2.72. The van der Waals surface area contributed by atoms with Crippen LogP contribution in [0, 0.1) is 0 Å². The van der Waals surface area contributed by atoms with Crippen molar-refractivity contribution in [2.75, 3.05) is 0 Å². The van der Waals surface area contributed by atoms with Gasteiger partial charge < -0.3 is 10.8 Å². The van der Waals surface area contributed by atoms with Crippen molar-refractivity contribution in [3.05, 3.63) is 96.1 Å². The van der Waals surface area contributed by atoms with E-state index in [0.717, 1.165) is 32.7 Å². The minimum atomic E-state index is -1.04. The molecular formula is C23H19NO2. The Bertz CT molecular complexity index is 1010. The van der Waals surface area contributed by atoms with Crippen molar-refractivity contribution in [3.8, 4) is 0 Å². The number of carbonyl (C=O) groups is 1. The minimum Gasteiger partial charge on any atom is -0.480 e. The SMILES string of the molecule is NC(C(=O)O)C(c1cccc2ccccc12)c1cccc2ccccc12. The molecule has 3 nitrogen and oxygen atoms in total. The second-order valence-electron chi connectivity index (χ2n) is 6.48. The highest BCUT2D eigenvalue weighted by Crippen LogP contribution is 2.36. The maximum Gasteiger partial charge on any atom is 0.321 e. The van der Waals surface area contributed by atoms with Gasteiger partial charge in [0.05, 0.1) is 0 Å². The molecule has 4 aromatic rings. The summed E-state index contributed by atoms with van der Waals surface area (Å²) in [6, 6.07) is 26.9. The molecule has 4 aromatic carbocycles. The lowest BCUT2D eigenvalue weighted by Crippen LogP contribution is -2.37. The Kier molecular flexibility index (Phi) is 4.15. The van der Waals surface area contributed by atoms with Gasteiger partial charge in [0.2, 0.25) is 0 Å². The smallest absolute Gasteiger partial charge is 0.321 e. The van der Waals surface area contributed by atoms with E-state index in [0.29, 0.717) is 0 Å². The first-order valence-electron chi connectivity index (χ1n) is 8.60. The number of aliphatic carboxylic acids is 1. The van der Waals surface area contributed by atoms with Gasteiger partial charge in [0.25, 0.3) is 0 Å². The predicted molar refractivity (Wildman–Crippen MR) is 105 cm³/mol. The highest BCUT2D eigenvalue weighted by molar-refractivity contribution is 5.92. The van der Waals surface area contributed by atoms with Crippen LogP contribution in [0.3, 0.4) is 0 Å². The molecule has 0 aliphatic rings. The van der Waals surface area contributed by atoms with Crippen LogP contribution in [0.1, 0.15) is 17.0 Å². The van der Waals surface area contributed by atoms with E-state index in [2.05, 4.69) is 0 Å². The van der Waals surface area contributed by atoms with Gasteiger partial charge in [-0.1, -0.05) is 84.9 Å². The maximum atomic E-state index is 11.8. The summed E-state index contributed by atoms with van der Waals surface area (Å²) in [5.41, 5.74) is 8.09. The summed E-state index contributed by atoms with van der Waals surface area (Å²) in [7, 11) is 0. The number of hydrogen-bond donors (Lipinski definition) is 2.